The molecule has 0 saturated carbocycles. The molecule has 1 unspecified atom stereocenters. The van der Waals surface area contributed by atoms with Gasteiger partial charge in [-0.1, -0.05) is 0 Å². The van der Waals surface area contributed by atoms with E-state index in [4.69, 9.17) is 0 Å². The van der Waals surface area contributed by atoms with Crippen LogP contribution >= 0.6 is 11.8 Å². The van der Waals surface area contributed by atoms with Crippen LogP contribution in [0.25, 0.3) is 0 Å². The summed E-state index contributed by atoms with van der Waals surface area (Å²) in [6.45, 7) is 4.45. The van der Waals surface area contributed by atoms with Crippen LogP contribution in [0.15, 0.2) is 29.2 Å². The molecule has 2 saturated heterocycles. The largest absolute Gasteiger partial charge is 0.344 e. The van der Waals surface area contributed by atoms with Crippen molar-refractivity contribution in [3.05, 3.63) is 24.3 Å². The molecule has 3 rings (SSSR count). The maximum absolute atomic E-state index is 12.7. The maximum atomic E-state index is 12.7. The van der Waals surface area contributed by atoms with E-state index in [1.807, 2.05) is 37.6 Å². The van der Waals surface area contributed by atoms with Crippen LogP contribution in [-0.4, -0.2) is 67.6 Å². The number of rotatable bonds is 6. The van der Waals surface area contributed by atoms with Crippen molar-refractivity contribution in [1.82, 2.24) is 9.80 Å². The molecule has 0 spiro atoms. The van der Waals surface area contributed by atoms with Crippen molar-refractivity contribution in [2.75, 3.05) is 50.9 Å². The third-order valence-corrected chi connectivity index (χ3v) is 5.93. The van der Waals surface area contributed by atoms with E-state index >= 15 is 0 Å². The minimum Gasteiger partial charge on any atom is -0.344 e. The van der Waals surface area contributed by atoms with Gasteiger partial charge in [-0.3, -0.25) is 9.59 Å². The summed E-state index contributed by atoms with van der Waals surface area (Å²) >= 11 is 1.68. The second kappa shape index (κ2) is 8.23. The molecule has 2 fully saturated rings. The van der Waals surface area contributed by atoms with E-state index in [1.165, 1.54) is 17.7 Å². The number of amides is 2. The van der Waals surface area contributed by atoms with Gasteiger partial charge in [-0.2, -0.15) is 0 Å². The van der Waals surface area contributed by atoms with E-state index in [0.29, 0.717) is 13.0 Å². The summed E-state index contributed by atoms with van der Waals surface area (Å²) in [5, 5.41) is 0. The van der Waals surface area contributed by atoms with Crippen LogP contribution in [0.4, 0.5) is 5.69 Å². The lowest BCUT2D eigenvalue weighted by Gasteiger charge is -2.24. The van der Waals surface area contributed by atoms with Gasteiger partial charge in [0.05, 0.1) is 5.92 Å². The van der Waals surface area contributed by atoms with Crippen molar-refractivity contribution in [1.29, 1.82) is 0 Å². The van der Waals surface area contributed by atoms with Crippen LogP contribution in [0.2, 0.25) is 0 Å². The molecule has 0 N–H and O–H groups in total. The predicted octanol–water partition coefficient (Wildman–Crippen LogP) is 2.32. The summed E-state index contributed by atoms with van der Waals surface area (Å²) in [5.41, 5.74) is 0.887. The first-order valence-corrected chi connectivity index (χ1v) is 10.2. The summed E-state index contributed by atoms with van der Waals surface area (Å²) in [6, 6.07) is 7.97. The van der Waals surface area contributed by atoms with E-state index in [2.05, 4.69) is 4.90 Å². The average Bonchev–Trinajstić information content (AvgIpc) is 3.28. The molecule has 0 bridgehead atoms. The molecular formula is C19H27N3O2S. The third-order valence-electron chi connectivity index (χ3n) is 5.18. The molecule has 2 heterocycles. The lowest BCUT2D eigenvalue weighted by Crippen LogP contribution is -2.39. The highest BCUT2D eigenvalue weighted by molar-refractivity contribution is 7.98. The van der Waals surface area contributed by atoms with Gasteiger partial charge in [-0.25, -0.2) is 0 Å². The fraction of sp³-hybridized carbons (Fsp3) is 0.579. The Bertz CT molecular complexity index is 614. The molecule has 0 aliphatic carbocycles. The molecular weight excluding hydrogens is 334 g/mol. The topological polar surface area (TPSA) is 43.9 Å². The van der Waals surface area contributed by atoms with Gasteiger partial charge in [0.15, 0.2) is 0 Å². The first-order valence-electron chi connectivity index (χ1n) is 9.00. The Balaban J connectivity index is 1.55. The van der Waals surface area contributed by atoms with Crippen LogP contribution in [0.3, 0.4) is 0 Å². The van der Waals surface area contributed by atoms with Gasteiger partial charge in [-0.05, 0) is 56.5 Å². The van der Waals surface area contributed by atoms with Crippen LogP contribution in [0.1, 0.15) is 19.3 Å². The first-order chi connectivity index (χ1) is 12.1. The monoisotopic (exact) mass is 361 g/mol. The molecule has 0 radical (unpaired) electrons. The van der Waals surface area contributed by atoms with Gasteiger partial charge < -0.3 is 14.7 Å². The second-order valence-electron chi connectivity index (χ2n) is 6.91. The summed E-state index contributed by atoms with van der Waals surface area (Å²) in [4.78, 5) is 32.2. The third kappa shape index (κ3) is 4.36. The summed E-state index contributed by atoms with van der Waals surface area (Å²) < 4.78 is 0. The zero-order valence-electron chi connectivity index (χ0n) is 15.1. The van der Waals surface area contributed by atoms with Gasteiger partial charge in [-0.15, -0.1) is 11.8 Å². The molecule has 6 heteroatoms. The number of benzene rings is 1. The van der Waals surface area contributed by atoms with Crippen molar-refractivity contribution >= 4 is 29.3 Å². The maximum Gasteiger partial charge on any atom is 0.227 e. The highest BCUT2D eigenvalue weighted by Crippen LogP contribution is 2.27. The molecule has 5 nitrogen and oxygen atoms in total. The Morgan fingerprint density at radius 1 is 1.24 bits per heavy atom. The Morgan fingerprint density at radius 3 is 2.56 bits per heavy atom. The predicted molar refractivity (Wildman–Crippen MR) is 102 cm³/mol. The number of nitrogens with zero attached hydrogens (tertiary/aromatic N) is 3. The summed E-state index contributed by atoms with van der Waals surface area (Å²) in [5.74, 6) is -0.0877. The number of likely N-dealkylation sites (N-methyl/N-ethyl adjacent to an activating group) is 1. The molecule has 1 atom stereocenters. The molecule has 1 aromatic rings. The van der Waals surface area contributed by atoms with Crippen molar-refractivity contribution in [3.8, 4) is 0 Å². The van der Waals surface area contributed by atoms with E-state index in [0.717, 1.165) is 31.9 Å². The summed E-state index contributed by atoms with van der Waals surface area (Å²) in [6.07, 6.45) is 4.87. The Labute approximate surface area is 154 Å². The van der Waals surface area contributed by atoms with Crippen LogP contribution in [0.5, 0.6) is 0 Å². The summed E-state index contributed by atoms with van der Waals surface area (Å²) in [7, 11) is 1.86. The SMILES string of the molecule is CSc1ccc(N2CC(C(=O)N(C)CCN3CCCC3)CC2=O)cc1. The van der Waals surface area contributed by atoms with Gasteiger partial charge in [0, 0.05) is 43.7 Å². The van der Waals surface area contributed by atoms with Gasteiger partial charge in [0.2, 0.25) is 11.8 Å². The highest BCUT2D eigenvalue weighted by Gasteiger charge is 2.36. The van der Waals surface area contributed by atoms with E-state index in [9.17, 15) is 9.59 Å². The highest BCUT2D eigenvalue weighted by atomic mass is 32.2. The molecule has 2 aliphatic rings. The number of carbonyl (C=O) groups excluding carboxylic acids is 2. The number of likely N-dealkylation sites (tertiary alicyclic amines) is 1. The van der Waals surface area contributed by atoms with Gasteiger partial charge >= 0.3 is 0 Å². The Kier molecular flexibility index (Phi) is 6.02. The van der Waals surface area contributed by atoms with E-state index in [1.54, 1.807) is 21.6 Å². The molecule has 2 aliphatic heterocycles. The van der Waals surface area contributed by atoms with E-state index in [-0.39, 0.29) is 17.7 Å². The zero-order chi connectivity index (χ0) is 17.8. The molecule has 2 amide bonds. The number of hydrogen-bond acceptors (Lipinski definition) is 4. The molecule has 0 aromatic heterocycles. The van der Waals surface area contributed by atoms with Crippen LogP contribution in [0, 0.1) is 5.92 Å². The van der Waals surface area contributed by atoms with Crippen molar-refractivity contribution in [2.24, 2.45) is 5.92 Å². The minimum absolute atomic E-state index is 0.0446. The van der Waals surface area contributed by atoms with Crippen molar-refractivity contribution < 1.29 is 9.59 Å². The Hall–Kier alpha value is -1.53. The lowest BCUT2D eigenvalue weighted by atomic mass is 10.1. The zero-order valence-corrected chi connectivity index (χ0v) is 15.9. The quantitative estimate of drug-likeness (QED) is 0.730. The number of anilines is 1. The molecule has 25 heavy (non-hydrogen) atoms. The van der Waals surface area contributed by atoms with Crippen LogP contribution < -0.4 is 4.90 Å². The van der Waals surface area contributed by atoms with Gasteiger partial charge in [0.1, 0.15) is 0 Å². The standard InChI is InChI=1S/C19H27N3O2S/c1-20(11-12-21-9-3-4-10-21)19(24)15-13-18(23)22(14-15)16-5-7-17(25-2)8-6-16/h5-8,15H,3-4,9-14H2,1-2H3. The molecule has 136 valence electrons. The Morgan fingerprint density at radius 2 is 1.92 bits per heavy atom. The number of hydrogen-bond donors (Lipinski definition) is 0. The van der Waals surface area contributed by atoms with Gasteiger partial charge in [0.25, 0.3) is 0 Å². The lowest BCUT2D eigenvalue weighted by molar-refractivity contribution is -0.134. The fourth-order valence-corrected chi connectivity index (χ4v) is 4.01. The first kappa shape index (κ1) is 18.3. The van der Waals surface area contributed by atoms with Crippen molar-refractivity contribution in [3.63, 3.8) is 0 Å². The van der Waals surface area contributed by atoms with Crippen molar-refractivity contribution in [2.45, 2.75) is 24.2 Å². The smallest absolute Gasteiger partial charge is 0.227 e. The number of carbonyl (C=O) groups is 2. The average molecular weight is 362 g/mol. The second-order valence-corrected chi connectivity index (χ2v) is 7.79. The minimum atomic E-state index is -0.226. The van der Waals surface area contributed by atoms with E-state index < -0.39 is 0 Å². The normalized spacial score (nSPS) is 21.1. The fourth-order valence-electron chi connectivity index (χ4n) is 3.60. The number of thioether (sulfide) groups is 1. The molecule has 1 aromatic carbocycles. The van der Waals surface area contributed by atoms with Crippen LogP contribution in [-0.2, 0) is 9.59 Å².